The molecule has 1 aliphatic carbocycles. The Kier molecular flexibility index (Phi) is 2.53. The predicted molar refractivity (Wildman–Crippen MR) is 45.9 cm³/mol. The first kappa shape index (κ1) is 7.84. The van der Waals surface area contributed by atoms with Crippen molar-refractivity contribution in [3.63, 3.8) is 0 Å². The van der Waals surface area contributed by atoms with Gasteiger partial charge in [-0.2, -0.15) is 0 Å². The lowest BCUT2D eigenvalue weighted by Crippen LogP contribution is -2.16. The highest BCUT2D eigenvalue weighted by Crippen LogP contribution is 2.33. The highest BCUT2D eigenvalue weighted by molar-refractivity contribution is 4.99. The van der Waals surface area contributed by atoms with Crippen molar-refractivity contribution in [1.29, 1.82) is 0 Å². The van der Waals surface area contributed by atoms with Gasteiger partial charge < -0.3 is 0 Å². The highest BCUT2D eigenvalue weighted by atomic mass is 14.3. The van der Waals surface area contributed by atoms with Crippen LogP contribution >= 0.6 is 0 Å². The van der Waals surface area contributed by atoms with Crippen LogP contribution in [-0.4, -0.2) is 0 Å². The topological polar surface area (TPSA) is 0 Å². The lowest BCUT2D eigenvalue weighted by molar-refractivity contribution is 0.294. The molecule has 0 spiro atoms. The zero-order valence-electron chi connectivity index (χ0n) is 7.19. The molecule has 0 bridgehead atoms. The van der Waals surface area contributed by atoms with E-state index in [1.807, 2.05) is 0 Å². The van der Waals surface area contributed by atoms with E-state index in [2.05, 4.69) is 20.4 Å². The fourth-order valence-electron chi connectivity index (χ4n) is 2.05. The summed E-state index contributed by atoms with van der Waals surface area (Å²) >= 11 is 0. The van der Waals surface area contributed by atoms with Crippen molar-refractivity contribution < 1.29 is 0 Å². The average molecular weight is 138 g/mol. The summed E-state index contributed by atoms with van der Waals surface area (Å²) in [5, 5.41) is 0. The first-order valence-electron chi connectivity index (χ1n) is 4.37. The van der Waals surface area contributed by atoms with Crippen LogP contribution in [0.2, 0.25) is 0 Å². The molecule has 1 rings (SSSR count). The third-order valence-corrected chi connectivity index (χ3v) is 2.74. The van der Waals surface area contributed by atoms with Crippen molar-refractivity contribution in [2.45, 2.75) is 39.5 Å². The number of hydrogen-bond acceptors (Lipinski definition) is 0. The third kappa shape index (κ3) is 1.62. The van der Waals surface area contributed by atoms with Gasteiger partial charge in [0.05, 0.1) is 0 Å². The summed E-state index contributed by atoms with van der Waals surface area (Å²) in [5.41, 5.74) is 1.40. The Morgan fingerprint density at radius 2 is 1.90 bits per heavy atom. The number of allylic oxidation sites excluding steroid dienone is 1. The lowest BCUT2D eigenvalue weighted by Gasteiger charge is -2.28. The monoisotopic (exact) mass is 138 g/mol. The number of hydrogen-bond donors (Lipinski definition) is 0. The standard InChI is InChI=1S/C10H18/c1-8(2)10-7-5-4-6-9(10)3/h9-10H,1,4-7H2,2-3H3/t9-,10+/m1/s1. The molecule has 0 heterocycles. The van der Waals surface area contributed by atoms with E-state index in [0.717, 1.165) is 11.8 Å². The van der Waals surface area contributed by atoms with Crippen LogP contribution in [0.5, 0.6) is 0 Å². The zero-order valence-corrected chi connectivity index (χ0v) is 7.19. The summed E-state index contributed by atoms with van der Waals surface area (Å²) in [7, 11) is 0. The Labute approximate surface area is 64.3 Å². The van der Waals surface area contributed by atoms with Crippen molar-refractivity contribution >= 4 is 0 Å². The Bertz CT molecular complexity index is 124. The van der Waals surface area contributed by atoms with Gasteiger partial charge in [-0.3, -0.25) is 0 Å². The van der Waals surface area contributed by atoms with Gasteiger partial charge in [-0.25, -0.2) is 0 Å². The van der Waals surface area contributed by atoms with Crippen molar-refractivity contribution in [2.24, 2.45) is 11.8 Å². The molecule has 0 amide bonds. The van der Waals surface area contributed by atoms with Gasteiger partial charge in [-0.15, -0.1) is 0 Å². The van der Waals surface area contributed by atoms with Crippen LogP contribution in [0.15, 0.2) is 12.2 Å². The van der Waals surface area contributed by atoms with E-state index in [-0.39, 0.29) is 0 Å². The third-order valence-electron chi connectivity index (χ3n) is 2.74. The first-order chi connectivity index (χ1) is 4.72. The SMILES string of the molecule is C=C(C)[C@@H]1CCCC[C@H]1C. The van der Waals surface area contributed by atoms with Crippen molar-refractivity contribution in [3.05, 3.63) is 12.2 Å². The molecule has 58 valence electrons. The molecule has 2 atom stereocenters. The molecule has 10 heavy (non-hydrogen) atoms. The molecule has 0 aromatic rings. The summed E-state index contributed by atoms with van der Waals surface area (Å²) < 4.78 is 0. The molecule has 0 aromatic heterocycles. The minimum Gasteiger partial charge on any atom is -0.0999 e. The summed E-state index contributed by atoms with van der Waals surface area (Å²) in [4.78, 5) is 0. The Morgan fingerprint density at radius 1 is 1.30 bits per heavy atom. The molecule has 1 fully saturated rings. The lowest BCUT2D eigenvalue weighted by atomic mass is 9.77. The van der Waals surface area contributed by atoms with Gasteiger partial charge in [0, 0.05) is 0 Å². The van der Waals surface area contributed by atoms with Gasteiger partial charge >= 0.3 is 0 Å². The minimum atomic E-state index is 0.828. The van der Waals surface area contributed by atoms with Crippen LogP contribution in [0.3, 0.4) is 0 Å². The molecule has 0 N–H and O–H groups in total. The van der Waals surface area contributed by atoms with Gasteiger partial charge in [0.1, 0.15) is 0 Å². The van der Waals surface area contributed by atoms with Gasteiger partial charge in [0.2, 0.25) is 0 Å². The second-order valence-electron chi connectivity index (χ2n) is 3.71. The predicted octanol–water partition coefficient (Wildman–Crippen LogP) is 3.39. The maximum absolute atomic E-state index is 4.03. The Hall–Kier alpha value is -0.260. The quantitative estimate of drug-likeness (QED) is 0.487. The van der Waals surface area contributed by atoms with Crippen molar-refractivity contribution in [1.82, 2.24) is 0 Å². The van der Waals surface area contributed by atoms with E-state index in [0.29, 0.717) is 0 Å². The summed E-state index contributed by atoms with van der Waals surface area (Å²) in [6.45, 7) is 8.56. The van der Waals surface area contributed by atoms with Crippen molar-refractivity contribution in [3.8, 4) is 0 Å². The second kappa shape index (κ2) is 3.23. The van der Waals surface area contributed by atoms with E-state index in [9.17, 15) is 0 Å². The van der Waals surface area contributed by atoms with Crippen LogP contribution in [0.25, 0.3) is 0 Å². The summed E-state index contributed by atoms with van der Waals surface area (Å²) in [6, 6.07) is 0. The molecule has 0 saturated heterocycles. The molecule has 0 unspecified atom stereocenters. The van der Waals surface area contributed by atoms with Crippen molar-refractivity contribution in [2.75, 3.05) is 0 Å². The average Bonchev–Trinajstić information content (AvgIpc) is 1.88. The summed E-state index contributed by atoms with van der Waals surface area (Å²) in [6.07, 6.45) is 5.65. The fourth-order valence-corrected chi connectivity index (χ4v) is 2.05. The Morgan fingerprint density at radius 3 is 2.30 bits per heavy atom. The maximum Gasteiger partial charge on any atom is -0.0183 e. The van der Waals surface area contributed by atoms with Gasteiger partial charge in [-0.05, 0) is 25.2 Å². The minimum absolute atomic E-state index is 0.828. The highest BCUT2D eigenvalue weighted by Gasteiger charge is 2.20. The molecule has 1 saturated carbocycles. The first-order valence-corrected chi connectivity index (χ1v) is 4.37. The van der Waals surface area contributed by atoms with E-state index in [1.165, 1.54) is 31.3 Å². The van der Waals surface area contributed by atoms with E-state index in [4.69, 9.17) is 0 Å². The molecule has 0 aliphatic heterocycles. The van der Waals surface area contributed by atoms with Crippen LogP contribution in [-0.2, 0) is 0 Å². The fraction of sp³-hybridized carbons (Fsp3) is 0.800. The van der Waals surface area contributed by atoms with Crippen LogP contribution in [0, 0.1) is 11.8 Å². The molecular formula is C10H18. The molecule has 1 aliphatic rings. The van der Waals surface area contributed by atoms with Gasteiger partial charge in [-0.1, -0.05) is 38.3 Å². The molecular weight excluding hydrogens is 120 g/mol. The molecule has 0 aromatic carbocycles. The summed E-state index contributed by atoms with van der Waals surface area (Å²) in [5.74, 6) is 1.72. The maximum atomic E-state index is 4.03. The van der Waals surface area contributed by atoms with E-state index >= 15 is 0 Å². The van der Waals surface area contributed by atoms with Crippen LogP contribution in [0.1, 0.15) is 39.5 Å². The Balaban J connectivity index is 2.47. The van der Waals surface area contributed by atoms with Gasteiger partial charge in [0.25, 0.3) is 0 Å². The van der Waals surface area contributed by atoms with Crippen LogP contribution < -0.4 is 0 Å². The van der Waals surface area contributed by atoms with Gasteiger partial charge in [0.15, 0.2) is 0 Å². The molecule has 0 nitrogen and oxygen atoms in total. The molecule has 0 heteroatoms. The van der Waals surface area contributed by atoms with Crippen LogP contribution in [0.4, 0.5) is 0 Å². The smallest absolute Gasteiger partial charge is 0.0183 e. The normalized spacial score (nSPS) is 33.8. The molecule has 0 radical (unpaired) electrons. The van der Waals surface area contributed by atoms with E-state index < -0.39 is 0 Å². The zero-order chi connectivity index (χ0) is 7.56. The second-order valence-corrected chi connectivity index (χ2v) is 3.71. The number of rotatable bonds is 1. The van der Waals surface area contributed by atoms with E-state index in [1.54, 1.807) is 0 Å². The largest absolute Gasteiger partial charge is 0.0999 e.